The molecule has 220 valence electrons. The molecular weight excluding hydrogens is 587 g/mol. The maximum absolute atomic E-state index is 14.2. The number of carbonyl (C=O) groups is 1. The summed E-state index contributed by atoms with van der Waals surface area (Å²) in [5.74, 6) is 1.46. The number of fused-ring (bicyclic) bond motifs is 3. The summed E-state index contributed by atoms with van der Waals surface area (Å²) < 4.78 is 47.8. The molecule has 0 spiro atoms. The summed E-state index contributed by atoms with van der Waals surface area (Å²) in [5.41, 5.74) is 0.943. The molecule has 4 aliphatic heterocycles. The zero-order valence-electron chi connectivity index (χ0n) is 22.5. The van der Waals surface area contributed by atoms with Crippen LogP contribution in [0.3, 0.4) is 0 Å². The molecule has 4 fully saturated rings. The van der Waals surface area contributed by atoms with Crippen LogP contribution in [0.15, 0.2) is 29.4 Å². The Labute approximate surface area is 248 Å². The average Bonchev–Trinajstić information content (AvgIpc) is 3.39. The van der Waals surface area contributed by atoms with Crippen molar-refractivity contribution in [2.24, 2.45) is 0 Å². The summed E-state index contributed by atoms with van der Waals surface area (Å²) in [5, 5.41) is 6.65. The highest BCUT2D eigenvalue weighted by atomic mass is 32.2. The molecule has 3 saturated heterocycles. The fourth-order valence-electron chi connectivity index (χ4n) is 6.24. The number of ether oxygens (including phenoxy) is 1. The van der Waals surface area contributed by atoms with Crippen molar-refractivity contribution in [3.63, 3.8) is 0 Å². The van der Waals surface area contributed by atoms with E-state index in [9.17, 15) is 18.0 Å². The number of nitrogens with one attached hydrogen (secondary N) is 2. The van der Waals surface area contributed by atoms with Gasteiger partial charge in [0.2, 0.25) is 5.95 Å². The lowest BCUT2D eigenvalue weighted by atomic mass is 10.1. The SMILES string of the molecule is O=C1c2sc(-c3nc(Nc4ncc(N5CC6CC5CN6)cc4C4CC4)ncc3C(F)(F)F)cc2SCCN1C1COC1. The molecule has 2 atom stereocenters. The molecule has 1 aliphatic carbocycles. The van der Waals surface area contributed by atoms with Crippen molar-refractivity contribution in [2.45, 2.75) is 54.4 Å². The smallest absolute Gasteiger partial charge is 0.377 e. The number of amides is 1. The van der Waals surface area contributed by atoms with Crippen LogP contribution < -0.4 is 15.5 Å². The number of aromatic nitrogens is 3. The second-order valence-corrected chi connectivity index (χ2v) is 13.7. The van der Waals surface area contributed by atoms with Crippen molar-refractivity contribution in [3.8, 4) is 10.6 Å². The van der Waals surface area contributed by atoms with Gasteiger partial charge < -0.3 is 25.2 Å². The summed E-state index contributed by atoms with van der Waals surface area (Å²) in [7, 11) is 0. The van der Waals surface area contributed by atoms with Gasteiger partial charge in [-0.25, -0.2) is 15.0 Å². The number of hydrogen-bond donors (Lipinski definition) is 2. The highest BCUT2D eigenvalue weighted by Gasteiger charge is 2.40. The zero-order valence-corrected chi connectivity index (χ0v) is 24.1. The second-order valence-electron chi connectivity index (χ2n) is 11.5. The van der Waals surface area contributed by atoms with E-state index >= 15 is 0 Å². The van der Waals surface area contributed by atoms with E-state index in [0.29, 0.717) is 59.1 Å². The van der Waals surface area contributed by atoms with E-state index in [1.807, 2.05) is 6.20 Å². The zero-order chi connectivity index (χ0) is 28.6. The molecule has 3 aromatic heterocycles. The highest BCUT2D eigenvalue weighted by Crippen LogP contribution is 2.46. The van der Waals surface area contributed by atoms with Gasteiger partial charge in [-0.15, -0.1) is 23.1 Å². The number of rotatable bonds is 6. The number of pyridine rings is 1. The summed E-state index contributed by atoms with van der Waals surface area (Å²) in [6.07, 6.45) is 1.21. The van der Waals surface area contributed by atoms with E-state index in [-0.39, 0.29) is 28.5 Å². The predicted molar refractivity (Wildman–Crippen MR) is 154 cm³/mol. The van der Waals surface area contributed by atoms with Crippen LogP contribution in [0.2, 0.25) is 0 Å². The van der Waals surface area contributed by atoms with Crippen LogP contribution in [-0.2, 0) is 10.9 Å². The lowest BCUT2D eigenvalue weighted by Gasteiger charge is -2.36. The Bertz CT molecular complexity index is 1560. The summed E-state index contributed by atoms with van der Waals surface area (Å²) >= 11 is 2.54. The standard InChI is InChI=1S/C28H28F3N7O2S2/c29-28(30,31)20-10-34-27(35-23(20)21-7-22-24(42-21)26(39)37(3-4-41-22)18-12-40-13-18)36-25-19(14-1-2-14)6-17(9-33-25)38-11-15-5-16(38)8-32-15/h6-7,9-10,14-16,18,32H,1-5,8,11-13H2,(H,33,34,35,36). The fraction of sp³-hybridized carbons (Fsp3) is 0.500. The van der Waals surface area contributed by atoms with Crippen LogP contribution in [0.5, 0.6) is 0 Å². The quantitative estimate of drug-likeness (QED) is 0.408. The largest absolute Gasteiger partial charge is 0.420 e. The van der Waals surface area contributed by atoms with Crippen LogP contribution in [0.1, 0.15) is 46.0 Å². The van der Waals surface area contributed by atoms with Crippen molar-refractivity contribution in [1.29, 1.82) is 0 Å². The molecule has 5 aliphatic rings. The van der Waals surface area contributed by atoms with Gasteiger partial charge >= 0.3 is 6.18 Å². The molecule has 7 heterocycles. The van der Waals surface area contributed by atoms with Crippen molar-refractivity contribution in [2.75, 3.05) is 48.8 Å². The van der Waals surface area contributed by atoms with Gasteiger partial charge in [-0.2, -0.15) is 13.2 Å². The topological polar surface area (TPSA) is 95.5 Å². The Morgan fingerprint density at radius 3 is 2.64 bits per heavy atom. The van der Waals surface area contributed by atoms with Gasteiger partial charge in [0.1, 0.15) is 16.3 Å². The van der Waals surface area contributed by atoms with E-state index in [2.05, 4.69) is 31.6 Å². The van der Waals surface area contributed by atoms with Gasteiger partial charge in [0, 0.05) is 54.1 Å². The minimum absolute atomic E-state index is 0.00650. The van der Waals surface area contributed by atoms with Gasteiger partial charge in [0.25, 0.3) is 5.91 Å². The number of anilines is 3. The van der Waals surface area contributed by atoms with E-state index in [1.165, 1.54) is 11.8 Å². The lowest BCUT2D eigenvalue weighted by molar-refractivity contribution is -0.137. The predicted octanol–water partition coefficient (Wildman–Crippen LogP) is 4.74. The molecule has 9 nitrogen and oxygen atoms in total. The summed E-state index contributed by atoms with van der Waals surface area (Å²) in [6.45, 7) is 3.46. The minimum Gasteiger partial charge on any atom is -0.377 e. The highest BCUT2D eigenvalue weighted by molar-refractivity contribution is 7.99. The molecule has 2 bridgehead atoms. The van der Waals surface area contributed by atoms with Crippen LogP contribution in [0, 0.1) is 0 Å². The lowest BCUT2D eigenvalue weighted by Crippen LogP contribution is -2.52. The molecule has 0 aromatic carbocycles. The maximum Gasteiger partial charge on any atom is 0.420 e. The number of nitrogens with zero attached hydrogens (tertiary/aromatic N) is 5. The Balaban J connectivity index is 1.12. The molecule has 3 aromatic rings. The van der Waals surface area contributed by atoms with Gasteiger partial charge in [0.05, 0.1) is 41.7 Å². The molecule has 1 amide bonds. The Kier molecular flexibility index (Phi) is 6.39. The molecule has 0 radical (unpaired) electrons. The monoisotopic (exact) mass is 615 g/mol. The van der Waals surface area contributed by atoms with E-state index in [4.69, 9.17) is 9.72 Å². The third kappa shape index (κ3) is 4.72. The number of halogens is 3. The summed E-state index contributed by atoms with van der Waals surface area (Å²) in [4.78, 5) is 32.1. The molecule has 1 saturated carbocycles. The van der Waals surface area contributed by atoms with Gasteiger partial charge in [-0.1, -0.05) is 0 Å². The molecular formula is C28H28F3N7O2S2. The average molecular weight is 616 g/mol. The second kappa shape index (κ2) is 10.1. The van der Waals surface area contributed by atoms with E-state index in [1.54, 1.807) is 11.0 Å². The third-order valence-electron chi connectivity index (χ3n) is 8.67. The van der Waals surface area contributed by atoms with E-state index < -0.39 is 11.7 Å². The maximum atomic E-state index is 14.2. The van der Waals surface area contributed by atoms with Gasteiger partial charge in [-0.05, 0) is 37.3 Å². The number of hydrogen-bond acceptors (Lipinski definition) is 10. The normalized spacial score (nSPS) is 24.1. The minimum atomic E-state index is -4.66. The fourth-order valence-corrected chi connectivity index (χ4v) is 8.56. The number of thioether (sulfide) groups is 1. The van der Waals surface area contributed by atoms with Crippen LogP contribution in [0.25, 0.3) is 10.6 Å². The molecule has 42 heavy (non-hydrogen) atoms. The molecule has 14 heteroatoms. The van der Waals surface area contributed by atoms with Gasteiger partial charge in [-0.3, -0.25) is 4.79 Å². The van der Waals surface area contributed by atoms with Crippen LogP contribution in [0.4, 0.5) is 30.6 Å². The van der Waals surface area contributed by atoms with Crippen molar-refractivity contribution < 1.29 is 22.7 Å². The molecule has 2 N–H and O–H groups in total. The number of carbonyl (C=O) groups excluding carboxylic acids is 1. The number of alkyl halides is 3. The first-order valence-electron chi connectivity index (χ1n) is 14.2. The molecule has 2 unspecified atom stereocenters. The Morgan fingerprint density at radius 1 is 1.10 bits per heavy atom. The Hall–Kier alpha value is -2.94. The number of thiophene rings is 1. The van der Waals surface area contributed by atoms with Crippen LogP contribution in [-0.4, -0.2) is 82.5 Å². The first-order chi connectivity index (χ1) is 20.3. The van der Waals surface area contributed by atoms with Crippen LogP contribution >= 0.6 is 23.1 Å². The summed E-state index contributed by atoms with van der Waals surface area (Å²) in [6, 6.07) is 4.80. The van der Waals surface area contributed by atoms with E-state index in [0.717, 1.165) is 61.1 Å². The van der Waals surface area contributed by atoms with Crippen molar-refractivity contribution in [1.82, 2.24) is 25.2 Å². The van der Waals surface area contributed by atoms with Crippen molar-refractivity contribution in [3.05, 3.63) is 40.5 Å². The third-order valence-corrected chi connectivity index (χ3v) is 10.9. The Morgan fingerprint density at radius 2 is 1.95 bits per heavy atom. The number of piperazine rings is 1. The van der Waals surface area contributed by atoms with Crippen molar-refractivity contribution >= 4 is 46.5 Å². The van der Waals surface area contributed by atoms with Gasteiger partial charge in [0.15, 0.2) is 0 Å². The first kappa shape index (κ1) is 26.7. The first-order valence-corrected chi connectivity index (χ1v) is 16.0. The molecule has 8 rings (SSSR count).